The number of hydrogen-bond acceptors (Lipinski definition) is 2. The molecule has 0 aromatic carbocycles. The SMILES string of the molecule is O=C(O)C1C2CCC1(c1cccnc1)C2. The van der Waals surface area contributed by atoms with Crippen LogP contribution < -0.4 is 0 Å². The van der Waals surface area contributed by atoms with Gasteiger partial charge in [0, 0.05) is 17.8 Å². The van der Waals surface area contributed by atoms with Crippen LogP contribution in [0.2, 0.25) is 0 Å². The number of carboxylic acid groups (broad SMARTS) is 1. The summed E-state index contributed by atoms with van der Waals surface area (Å²) in [5.41, 5.74) is 1.02. The lowest BCUT2D eigenvalue weighted by atomic mass is 9.57. The molecule has 0 amide bonds. The van der Waals surface area contributed by atoms with Crippen LogP contribution in [0.15, 0.2) is 24.5 Å². The highest BCUT2D eigenvalue weighted by molar-refractivity contribution is 5.75. The quantitative estimate of drug-likeness (QED) is 0.797. The molecule has 4 rings (SSSR count). The second-order valence-corrected chi connectivity index (χ2v) is 4.72. The summed E-state index contributed by atoms with van der Waals surface area (Å²) in [6.07, 6.45) is 6.68. The first-order valence-corrected chi connectivity index (χ1v) is 5.37. The first-order valence-electron chi connectivity index (χ1n) is 5.37. The zero-order chi connectivity index (χ0) is 10.5. The lowest BCUT2D eigenvalue weighted by molar-refractivity contribution is -0.150. The Kier molecular flexibility index (Phi) is 1.67. The highest BCUT2D eigenvalue weighted by Crippen LogP contribution is 2.63. The Bertz CT molecular complexity index is 399. The average Bonchev–Trinajstić information content (AvgIpc) is 2.76. The maximum Gasteiger partial charge on any atom is 0.307 e. The number of aliphatic carboxylic acids is 1. The fourth-order valence-electron chi connectivity index (χ4n) is 3.51. The second kappa shape index (κ2) is 2.81. The van der Waals surface area contributed by atoms with E-state index in [2.05, 4.69) is 4.98 Å². The third-order valence-electron chi connectivity index (χ3n) is 4.16. The van der Waals surface area contributed by atoms with Crippen molar-refractivity contribution in [3.8, 4) is 0 Å². The molecule has 3 heteroatoms. The number of pyridine rings is 1. The molecule has 1 aromatic heterocycles. The molecule has 1 heterocycles. The van der Waals surface area contributed by atoms with E-state index in [1.165, 1.54) is 0 Å². The fourth-order valence-corrected chi connectivity index (χ4v) is 3.51. The van der Waals surface area contributed by atoms with Gasteiger partial charge in [0.25, 0.3) is 0 Å². The van der Waals surface area contributed by atoms with Gasteiger partial charge in [0.2, 0.25) is 0 Å². The normalized spacial score (nSPS) is 37.3. The Balaban J connectivity index is 2.02. The summed E-state index contributed by atoms with van der Waals surface area (Å²) in [5, 5.41) is 9.22. The van der Waals surface area contributed by atoms with Gasteiger partial charge in [-0.3, -0.25) is 9.78 Å². The van der Waals surface area contributed by atoms with Gasteiger partial charge in [-0.1, -0.05) is 6.07 Å². The summed E-state index contributed by atoms with van der Waals surface area (Å²) in [7, 11) is 0. The van der Waals surface area contributed by atoms with Crippen LogP contribution in [-0.2, 0) is 10.2 Å². The van der Waals surface area contributed by atoms with Gasteiger partial charge in [-0.15, -0.1) is 0 Å². The molecule has 3 saturated carbocycles. The minimum atomic E-state index is -0.632. The van der Waals surface area contributed by atoms with Gasteiger partial charge in [-0.2, -0.15) is 0 Å². The van der Waals surface area contributed by atoms with Crippen LogP contribution in [0.5, 0.6) is 0 Å². The zero-order valence-electron chi connectivity index (χ0n) is 8.39. The van der Waals surface area contributed by atoms with Crippen molar-refractivity contribution in [1.82, 2.24) is 4.98 Å². The zero-order valence-corrected chi connectivity index (χ0v) is 8.39. The van der Waals surface area contributed by atoms with Crippen LogP contribution in [0.25, 0.3) is 0 Å². The standard InChI is InChI=1S/C12H13NO2/c14-11(15)10-8-3-4-12(10,6-8)9-2-1-5-13-7-9/h1-2,5,7-8,10H,3-4,6H2,(H,14,15). The number of carbonyl (C=O) groups is 1. The summed E-state index contributed by atoms with van der Waals surface area (Å²) in [5.74, 6) is -0.392. The fraction of sp³-hybridized carbons (Fsp3) is 0.500. The molecule has 1 N–H and O–H groups in total. The molecular weight excluding hydrogens is 190 g/mol. The van der Waals surface area contributed by atoms with Crippen LogP contribution in [0.3, 0.4) is 0 Å². The minimum absolute atomic E-state index is 0.0925. The Morgan fingerprint density at radius 3 is 3.07 bits per heavy atom. The summed E-state index contributed by atoms with van der Waals surface area (Å²) >= 11 is 0. The number of hydrogen-bond donors (Lipinski definition) is 1. The summed E-state index contributed by atoms with van der Waals surface area (Å²) in [6.45, 7) is 0. The summed E-state index contributed by atoms with van der Waals surface area (Å²) in [6, 6.07) is 3.92. The van der Waals surface area contributed by atoms with E-state index in [1.54, 1.807) is 6.20 Å². The van der Waals surface area contributed by atoms with Gasteiger partial charge in [0.05, 0.1) is 5.92 Å². The predicted octanol–water partition coefficient (Wildman–Crippen LogP) is 1.83. The minimum Gasteiger partial charge on any atom is -0.481 e. The smallest absolute Gasteiger partial charge is 0.307 e. The van der Waals surface area contributed by atoms with Crippen LogP contribution in [-0.4, -0.2) is 16.1 Å². The van der Waals surface area contributed by atoms with Gasteiger partial charge in [0.15, 0.2) is 0 Å². The Hall–Kier alpha value is -1.38. The summed E-state index contributed by atoms with van der Waals surface area (Å²) < 4.78 is 0. The van der Waals surface area contributed by atoms with Crippen LogP contribution in [0.1, 0.15) is 24.8 Å². The van der Waals surface area contributed by atoms with Crippen molar-refractivity contribution < 1.29 is 9.90 Å². The van der Waals surface area contributed by atoms with E-state index in [0.717, 1.165) is 24.8 Å². The largest absolute Gasteiger partial charge is 0.481 e. The molecule has 0 spiro atoms. The number of rotatable bonds is 2. The first-order chi connectivity index (χ1) is 7.24. The highest BCUT2D eigenvalue weighted by Gasteiger charge is 2.63. The molecule has 0 saturated heterocycles. The molecular formula is C12H13NO2. The number of fused-ring (bicyclic) bond motifs is 1. The molecule has 0 radical (unpaired) electrons. The van der Waals surface area contributed by atoms with Crippen LogP contribution >= 0.6 is 0 Å². The third-order valence-corrected chi connectivity index (χ3v) is 4.16. The first kappa shape index (κ1) is 8.89. The lowest BCUT2D eigenvalue weighted by Crippen LogP contribution is -2.48. The molecule has 0 aliphatic heterocycles. The molecule has 78 valence electrons. The van der Waals surface area contributed by atoms with Gasteiger partial charge >= 0.3 is 5.97 Å². The van der Waals surface area contributed by atoms with Gasteiger partial charge < -0.3 is 5.11 Å². The molecule has 3 aliphatic rings. The Labute approximate surface area is 88.1 Å². The number of aromatic nitrogens is 1. The molecule has 1 aromatic rings. The highest BCUT2D eigenvalue weighted by atomic mass is 16.4. The van der Waals surface area contributed by atoms with E-state index in [0.29, 0.717) is 5.92 Å². The monoisotopic (exact) mass is 203 g/mol. The second-order valence-electron chi connectivity index (χ2n) is 4.72. The Morgan fingerprint density at radius 2 is 2.47 bits per heavy atom. The van der Waals surface area contributed by atoms with E-state index < -0.39 is 5.97 Å². The number of carboxylic acids is 1. The predicted molar refractivity (Wildman–Crippen MR) is 54.4 cm³/mol. The third kappa shape index (κ3) is 1.01. The Morgan fingerprint density at radius 1 is 1.60 bits per heavy atom. The van der Waals surface area contributed by atoms with Crippen molar-refractivity contribution in [2.24, 2.45) is 11.8 Å². The lowest BCUT2D eigenvalue weighted by Gasteiger charge is -2.45. The summed E-state index contributed by atoms with van der Waals surface area (Å²) in [4.78, 5) is 15.3. The van der Waals surface area contributed by atoms with E-state index in [4.69, 9.17) is 0 Å². The van der Waals surface area contributed by atoms with Crippen LogP contribution in [0, 0.1) is 11.8 Å². The molecule has 3 nitrogen and oxygen atoms in total. The van der Waals surface area contributed by atoms with Crippen molar-refractivity contribution in [3.05, 3.63) is 30.1 Å². The van der Waals surface area contributed by atoms with Gasteiger partial charge in [-0.05, 0) is 36.8 Å². The van der Waals surface area contributed by atoms with Crippen molar-refractivity contribution >= 4 is 5.97 Å². The molecule has 15 heavy (non-hydrogen) atoms. The van der Waals surface area contributed by atoms with Gasteiger partial charge in [-0.25, -0.2) is 0 Å². The van der Waals surface area contributed by atoms with E-state index in [9.17, 15) is 9.90 Å². The molecule has 3 fully saturated rings. The maximum absolute atomic E-state index is 11.2. The van der Waals surface area contributed by atoms with Gasteiger partial charge in [0.1, 0.15) is 0 Å². The molecule has 3 unspecified atom stereocenters. The van der Waals surface area contributed by atoms with Crippen molar-refractivity contribution in [2.45, 2.75) is 24.7 Å². The molecule has 3 aliphatic carbocycles. The average molecular weight is 203 g/mol. The van der Waals surface area contributed by atoms with E-state index >= 15 is 0 Å². The molecule has 2 bridgehead atoms. The topological polar surface area (TPSA) is 50.2 Å². The van der Waals surface area contributed by atoms with Crippen molar-refractivity contribution in [2.75, 3.05) is 0 Å². The molecule has 3 atom stereocenters. The van der Waals surface area contributed by atoms with E-state index in [1.807, 2.05) is 18.3 Å². The van der Waals surface area contributed by atoms with E-state index in [-0.39, 0.29) is 11.3 Å². The van der Waals surface area contributed by atoms with Crippen molar-refractivity contribution in [3.63, 3.8) is 0 Å². The maximum atomic E-state index is 11.2. The van der Waals surface area contributed by atoms with Crippen molar-refractivity contribution in [1.29, 1.82) is 0 Å². The number of nitrogens with zero attached hydrogens (tertiary/aromatic N) is 1. The van der Waals surface area contributed by atoms with Crippen LogP contribution in [0.4, 0.5) is 0 Å².